The molecule has 1 amide bonds. The van der Waals surface area contributed by atoms with E-state index >= 15 is 0 Å². The molecule has 0 saturated carbocycles. The lowest BCUT2D eigenvalue weighted by molar-refractivity contribution is -0.127. The molecular weight excluding hydrogens is 476 g/mol. The van der Waals surface area contributed by atoms with Crippen LogP contribution in [-0.4, -0.2) is 33.2 Å². The van der Waals surface area contributed by atoms with Crippen LogP contribution in [0.3, 0.4) is 0 Å². The van der Waals surface area contributed by atoms with Crippen LogP contribution < -0.4 is 5.56 Å². The highest BCUT2D eigenvalue weighted by Crippen LogP contribution is 2.25. The monoisotopic (exact) mass is 491 g/mol. The maximum Gasteiger partial charge on any atom is 0.266 e. The van der Waals surface area contributed by atoms with Crippen LogP contribution in [0.4, 0.5) is 8.78 Å². The molecule has 2 heterocycles. The number of carbonyl (C=O) groups excluding carboxylic acids is 1. The van der Waals surface area contributed by atoms with Gasteiger partial charge in [0.25, 0.3) is 5.56 Å². The largest absolute Gasteiger partial charge is 0.340 e. The van der Waals surface area contributed by atoms with Crippen molar-refractivity contribution in [2.24, 2.45) is 0 Å². The first-order valence-electron chi connectivity index (χ1n) is 9.40. The number of halogens is 3. The molecule has 0 aliphatic heterocycles. The number of aromatic nitrogens is 2. The minimum Gasteiger partial charge on any atom is -0.340 e. The number of thioether (sulfide) groups is 1. The number of benzene rings is 2. The molecule has 4 aromatic rings. The lowest BCUT2D eigenvalue weighted by Crippen LogP contribution is -2.28. The highest BCUT2D eigenvalue weighted by Gasteiger charge is 2.19. The highest BCUT2D eigenvalue weighted by atomic mass is 35.5. The predicted molar refractivity (Wildman–Crippen MR) is 124 cm³/mol. The van der Waals surface area contributed by atoms with Crippen LogP contribution in [-0.2, 0) is 11.3 Å². The van der Waals surface area contributed by atoms with Gasteiger partial charge in [-0.1, -0.05) is 29.4 Å². The van der Waals surface area contributed by atoms with Crippen LogP contribution in [0, 0.1) is 11.6 Å². The van der Waals surface area contributed by atoms with Crippen molar-refractivity contribution in [2.45, 2.75) is 11.7 Å². The molecule has 0 bridgehead atoms. The molecule has 0 saturated heterocycles. The molecule has 0 fully saturated rings. The van der Waals surface area contributed by atoms with E-state index in [1.807, 2.05) is 17.5 Å². The van der Waals surface area contributed by atoms with Gasteiger partial charge >= 0.3 is 0 Å². The summed E-state index contributed by atoms with van der Waals surface area (Å²) in [7, 11) is 1.69. The summed E-state index contributed by atoms with van der Waals surface area (Å²) in [5, 5.41) is 2.57. The van der Waals surface area contributed by atoms with Gasteiger partial charge in [0, 0.05) is 23.0 Å². The summed E-state index contributed by atoms with van der Waals surface area (Å²) < 4.78 is 29.1. The van der Waals surface area contributed by atoms with Crippen molar-refractivity contribution in [1.82, 2.24) is 14.5 Å². The molecule has 2 aromatic heterocycles. The van der Waals surface area contributed by atoms with Crippen LogP contribution in [0.5, 0.6) is 0 Å². The van der Waals surface area contributed by atoms with Crippen LogP contribution >= 0.6 is 34.7 Å². The standard InChI is InChI=1S/C22H16ClF2N3O2S2/c1-27(11-15-3-2-8-31-15)20(29)12-32-22-26-18-6-4-13(23)9-16(18)21(30)28(22)19-7-5-14(24)10-17(19)25/h2-10H,11-12H2,1H3. The Morgan fingerprint density at radius 3 is 2.75 bits per heavy atom. The van der Waals surface area contributed by atoms with E-state index in [-0.39, 0.29) is 27.9 Å². The number of hydrogen-bond acceptors (Lipinski definition) is 5. The number of amides is 1. The van der Waals surface area contributed by atoms with Gasteiger partial charge in [0.2, 0.25) is 5.91 Å². The number of fused-ring (bicyclic) bond motifs is 1. The minimum atomic E-state index is -0.918. The van der Waals surface area contributed by atoms with E-state index in [1.165, 1.54) is 12.1 Å². The zero-order valence-electron chi connectivity index (χ0n) is 16.7. The fourth-order valence-electron chi connectivity index (χ4n) is 3.07. The molecule has 0 aliphatic carbocycles. The van der Waals surface area contributed by atoms with Gasteiger partial charge in [-0.2, -0.15) is 0 Å². The molecule has 0 atom stereocenters. The van der Waals surface area contributed by atoms with Gasteiger partial charge in [-0.05, 0) is 41.8 Å². The van der Waals surface area contributed by atoms with E-state index < -0.39 is 17.2 Å². The minimum absolute atomic E-state index is 0.0176. The van der Waals surface area contributed by atoms with E-state index in [9.17, 15) is 18.4 Å². The summed E-state index contributed by atoms with van der Waals surface area (Å²) in [4.78, 5) is 32.9. The third-order valence-electron chi connectivity index (χ3n) is 4.67. The topological polar surface area (TPSA) is 55.2 Å². The normalized spacial score (nSPS) is 11.1. The molecule has 0 N–H and O–H groups in total. The molecule has 32 heavy (non-hydrogen) atoms. The van der Waals surface area contributed by atoms with Gasteiger partial charge in [0.15, 0.2) is 5.16 Å². The lowest BCUT2D eigenvalue weighted by atomic mass is 10.2. The second kappa shape index (κ2) is 9.40. The van der Waals surface area contributed by atoms with Crippen molar-refractivity contribution in [3.8, 4) is 5.69 Å². The average molecular weight is 492 g/mol. The second-order valence-corrected chi connectivity index (χ2v) is 9.32. The maximum atomic E-state index is 14.6. The summed E-state index contributed by atoms with van der Waals surface area (Å²) in [5.74, 6) is -1.88. The molecule has 0 radical (unpaired) electrons. The van der Waals surface area contributed by atoms with Gasteiger partial charge in [-0.25, -0.2) is 13.8 Å². The fourth-order valence-corrected chi connectivity index (χ4v) is 4.95. The van der Waals surface area contributed by atoms with Crippen molar-refractivity contribution < 1.29 is 13.6 Å². The Kier molecular flexibility index (Phi) is 6.59. The van der Waals surface area contributed by atoms with Crippen LogP contribution in [0.1, 0.15) is 4.88 Å². The summed E-state index contributed by atoms with van der Waals surface area (Å²) in [6.07, 6.45) is 0. The maximum absolute atomic E-state index is 14.6. The van der Waals surface area contributed by atoms with Crippen LogP contribution in [0.2, 0.25) is 5.02 Å². The van der Waals surface area contributed by atoms with E-state index in [2.05, 4.69) is 4.98 Å². The molecule has 4 rings (SSSR count). The number of carbonyl (C=O) groups is 1. The van der Waals surface area contributed by atoms with Gasteiger partial charge < -0.3 is 4.90 Å². The highest BCUT2D eigenvalue weighted by molar-refractivity contribution is 7.99. The molecular formula is C22H16ClF2N3O2S2. The smallest absolute Gasteiger partial charge is 0.266 e. The molecule has 10 heteroatoms. The van der Waals surface area contributed by atoms with Gasteiger partial charge in [0.05, 0.1) is 28.9 Å². The van der Waals surface area contributed by atoms with Crippen LogP contribution in [0.25, 0.3) is 16.6 Å². The van der Waals surface area contributed by atoms with Crippen molar-refractivity contribution in [3.63, 3.8) is 0 Å². The summed E-state index contributed by atoms with van der Waals surface area (Å²) in [6, 6.07) is 11.4. The number of hydrogen-bond donors (Lipinski definition) is 0. The third kappa shape index (κ3) is 4.69. The van der Waals surface area contributed by atoms with Gasteiger partial charge in [0.1, 0.15) is 11.6 Å². The quantitative estimate of drug-likeness (QED) is 0.277. The summed E-state index contributed by atoms with van der Waals surface area (Å²) in [5.41, 5.74) is -0.363. The van der Waals surface area contributed by atoms with Crippen molar-refractivity contribution in [2.75, 3.05) is 12.8 Å². The van der Waals surface area contributed by atoms with Crippen LogP contribution in [0.15, 0.2) is 63.9 Å². The Morgan fingerprint density at radius 2 is 2.03 bits per heavy atom. The predicted octanol–water partition coefficient (Wildman–Crippen LogP) is 5.13. The molecule has 0 unspecified atom stereocenters. The number of thiophene rings is 1. The number of nitrogens with zero attached hydrogens (tertiary/aromatic N) is 3. The lowest BCUT2D eigenvalue weighted by Gasteiger charge is -2.17. The van der Waals surface area contributed by atoms with E-state index in [1.54, 1.807) is 35.4 Å². The molecule has 0 spiro atoms. The molecule has 164 valence electrons. The Hall–Kier alpha value is -2.75. The summed E-state index contributed by atoms with van der Waals surface area (Å²) >= 11 is 8.58. The second-order valence-electron chi connectivity index (χ2n) is 6.91. The van der Waals surface area contributed by atoms with Crippen molar-refractivity contribution >= 4 is 51.5 Å². The molecule has 0 aliphatic rings. The van der Waals surface area contributed by atoms with Gasteiger partial charge in [-0.15, -0.1) is 11.3 Å². The van der Waals surface area contributed by atoms with Crippen molar-refractivity contribution in [1.29, 1.82) is 0 Å². The first-order chi connectivity index (χ1) is 15.3. The van der Waals surface area contributed by atoms with E-state index in [0.29, 0.717) is 23.2 Å². The fraction of sp³-hybridized carbons (Fsp3) is 0.136. The Bertz CT molecular complexity index is 1360. The first-order valence-corrected chi connectivity index (χ1v) is 11.6. The average Bonchev–Trinajstić information content (AvgIpc) is 3.26. The van der Waals surface area contributed by atoms with E-state index in [4.69, 9.17) is 11.6 Å². The molecule has 2 aromatic carbocycles. The zero-order valence-corrected chi connectivity index (χ0v) is 19.1. The number of rotatable bonds is 6. The Morgan fingerprint density at radius 1 is 1.22 bits per heavy atom. The first kappa shape index (κ1) is 22.4. The Balaban J connectivity index is 1.71. The summed E-state index contributed by atoms with van der Waals surface area (Å²) in [6.45, 7) is 0.458. The van der Waals surface area contributed by atoms with E-state index in [0.717, 1.165) is 27.3 Å². The van der Waals surface area contributed by atoms with Crippen molar-refractivity contribution in [3.05, 3.63) is 85.8 Å². The molecule has 5 nitrogen and oxygen atoms in total. The zero-order chi connectivity index (χ0) is 22.8. The van der Waals surface area contributed by atoms with Gasteiger partial charge in [-0.3, -0.25) is 14.2 Å². The SMILES string of the molecule is CN(Cc1cccs1)C(=O)CSc1nc2ccc(Cl)cc2c(=O)n1-c1ccc(F)cc1F. The third-order valence-corrected chi connectivity index (χ3v) is 6.69. The Labute approximate surface area is 195 Å².